The summed E-state index contributed by atoms with van der Waals surface area (Å²) in [5, 5.41) is 13.3. The number of hydrogen-bond acceptors (Lipinski definition) is 4. The lowest BCUT2D eigenvalue weighted by atomic mass is 10.1. The van der Waals surface area contributed by atoms with Crippen LogP contribution in [0.5, 0.6) is 0 Å². The second kappa shape index (κ2) is 7.06. The number of methoxy groups -OCH3 is 1. The van der Waals surface area contributed by atoms with E-state index in [0.717, 1.165) is 0 Å². The summed E-state index contributed by atoms with van der Waals surface area (Å²) in [4.78, 5) is 22.1. The van der Waals surface area contributed by atoms with Gasteiger partial charge in [0.25, 0.3) is 11.6 Å². The molecule has 0 bridgehead atoms. The van der Waals surface area contributed by atoms with Crippen molar-refractivity contribution in [2.75, 3.05) is 13.7 Å². The van der Waals surface area contributed by atoms with Crippen molar-refractivity contribution in [3.63, 3.8) is 0 Å². The van der Waals surface area contributed by atoms with E-state index < -0.39 is 10.8 Å². The SMILES string of the molecule is COCCC(C)NC(=O)c1cccc([N+](=O)[O-])c1Cl. The number of nitro groups is 1. The van der Waals surface area contributed by atoms with Crippen molar-refractivity contribution in [2.24, 2.45) is 0 Å². The van der Waals surface area contributed by atoms with Crippen molar-refractivity contribution in [1.29, 1.82) is 0 Å². The fourth-order valence-corrected chi connectivity index (χ4v) is 1.79. The second-order valence-electron chi connectivity index (χ2n) is 4.05. The van der Waals surface area contributed by atoms with E-state index in [2.05, 4.69) is 5.32 Å². The topological polar surface area (TPSA) is 81.5 Å². The number of carbonyl (C=O) groups is 1. The molecule has 0 radical (unpaired) electrons. The fraction of sp³-hybridized carbons (Fsp3) is 0.417. The van der Waals surface area contributed by atoms with Crippen LogP contribution in [0.4, 0.5) is 5.69 Å². The average molecular weight is 287 g/mol. The average Bonchev–Trinajstić information content (AvgIpc) is 2.36. The first-order valence-corrected chi connectivity index (χ1v) is 6.08. The minimum Gasteiger partial charge on any atom is -0.385 e. The quantitative estimate of drug-likeness (QED) is 0.643. The summed E-state index contributed by atoms with van der Waals surface area (Å²) in [6, 6.07) is 4.03. The molecule has 0 saturated carbocycles. The largest absolute Gasteiger partial charge is 0.385 e. The molecule has 0 fully saturated rings. The van der Waals surface area contributed by atoms with E-state index in [1.54, 1.807) is 7.11 Å². The fourth-order valence-electron chi connectivity index (χ4n) is 1.50. The van der Waals surface area contributed by atoms with Crippen LogP contribution in [-0.4, -0.2) is 30.6 Å². The van der Waals surface area contributed by atoms with E-state index in [0.29, 0.717) is 13.0 Å². The van der Waals surface area contributed by atoms with Crippen molar-refractivity contribution in [3.05, 3.63) is 38.9 Å². The Morgan fingerprint density at radius 1 is 1.58 bits per heavy atom. The molecule has 0 aliphatic rings. The lowest BCUT2D eigenvalue weighted by molar-refractivity contribution is -0.384. The molecule has 1 aromatic rings. The third-order valence-electron chi connectivity index (χ3n) is 2.55. The Morgan fingerprint density at radius 2 is 2.26 bits per heavy atom. The maximum absolute atomic E-state index is 12.0. The van der Waals surface area contributed by atoms with E-state index in [1.165, 1.54) is 18.2 Å². The van der Waals surface area contributed by atoms with Crippen molar-refractivity contribution in [3.8, 4) is 0 Å². The molecule has 1 N–H and O–H groups in total. The van der Waals surface area contributed by atoms with E-state index in [4.69, 9.17) is 16.3 Å². The van der Waals surface area contributed by atoms with Crippen LogP contribution in [0.2, 0.25) is 5.02 Å². The van der Waals surface area contributed by atoms with Gasteiger partial charge in [-0.15, -0.1) is 0 Å². The molecule has 0 spiro atoms. The van der Waals surface area contributed by atoms with E-state index in [-0.39, 0.29) is 22.3 Å². The minimum absolute atomic E-state index is 0.0973. The monoisotopic (exact) mass is 286 g/mol. The normalized spacial score (nSPS) is 11.9. The first-order chi connectivity index (χ1) is 8.97. The number of hydrogen-bond donors (Lipinski definition) is 1. The van der Waals surface area contributed by atoms with Crippen molar-refractivity contribution in [2.45, 2.75) is 19.4 Å². The number of nitro benzene ring substituents is 1. The minimum atomic E-state index is -0.618. The van der Waals surface area contributed by atoms with Crippen LogP contribution in [0, 0.1) is 10.1 Å². The molecular formula is C12H15ClN2O4. The molecule has 7 heteroatoms. The smallest absolute Gasteiger partial charge is 0.288 e. The van der Waals surface area contributed by atoms with Gasteiger partial charge in [0.15, 0.2) is 0 Å². The summed E-state index contributed by atoms with van der Waals surface area (Å²) in [6.45, 7) is 2.34. The molecule has 1 aromatic carbocycles. The zero-order valence-electron chi connectivity index (χ0n) is 10.7. The Hall–Kier alpha value is -1.66. The predicted octanol–water partition coefficient (Wildman–Crippen LogP) is 2.40. The molecule has 1 atom stereocenters. The van der Waals surface area contributed by atoms with Gasteiger partial charge < -0.3 is 10.1 Å². The maximum atomic E-state index is 12.0. The van der Waals surface area contributed by atoms with Crippen LogP contribution < -0.4 is 5.32 Å². The number of amides is 1. The molecule has 6 nitrogen and oxygen atoms in total. The second-order valence-corrected chi connectivity index (χ2v) is 4.43. The van der Waals surface area contributed by atoms with Crippen LogP contribution in [0.15, 0.2) is 18.2 Å². The van der Waals surface area contributed by atoms with Crippen LogP contribution >= 0.6 is 11.6 Å². The van der Waals surface area contributed by atoms with Crippen LogP contribution in [0.3, 0.4) is 0 Å². The van der Waals surface area contributed by atoms with Gasteiger partial charge in [-0.05, 0) is 19.4 Å². The number of rotatable bonds is 6. The van der Waals surface area contributed by atoms with Gasteiger partial charge in [0, 0.05) is 25.8 Å². The van der Waals surface area contributed by atoms with Crippen LogP contribution in [0.25, 0.3) is 0 Å². The summed E-state index contributed by atoms with van der Waals surface area (Å²) in [7, 11) is 1.58. The van der Waals surface area contributed by atoms with Gasteiger partial charge in [0.1, 0.15) is 5.02 Å². The van der Waals surface area contributed by atoms with Gasteiger partial charge in [-0.2, -0.15) is 0 Å². The molecule has 0 heterocycles. The molecule has 19 heavy (non-hydrogen) atoms. The highest BCUT2D eigenvalue weighted by molar-refractivity contribution is 6.35. The van der Waals surface area contributed by atoms with Gasteiger partial charge in [-0.1, -0.05) is 17.7 Å². The standard InChI is InChI=1S/C12H15ClN2O4/c1-8(6-7-19-2)14-12(16)9-4-3-5-10(11(9)13)15(17)18/h3-5,8H,6-7H2,1-2H3,(H,14,16). The third kappa shape index (κ3) is 4.18. The van der Waals surface area contributed by atoms with Gasteiger partial charge >= 0.3 is 0 Å². The highest BCUT2D eigenvalue weighted by Gasteiger charge is 2.20. The number of benzene rings is 1. The summed E-state index contributed by atoms with van der Waals surface area (Å²) in [5.74, 6) is -0.433. The lowest BCUT2D eigenvalue weighted by Crippen LogP contribution is -2.33. The molecule has 104 valence electrons. The summed E-state index contributed by atoms with van der Waals surface area (Å²) >= 11 is 5.86. The van der Waals surface area contributed by atoms with Gasteiger partial charge in [0.2, 0.25) is 0 Å². The molecule has 1 rings (SSSR count). The van der Waals surface area contributed by atoms with E-state index in [9.17, 15) is 14.9 Å². The molecule has 0 saturated heterocycles. The molecule has 1 amide bonds. The predicted molar refractivity (Wildman–Crippen MR) is 71.5 cm³/mol. The number of nitrogens with one attached hydrogen (secondary N) is 1. The zero-order chi connectivity index (χ0) is 14.4. The Bertz CT molecular complexity index is 479. The molecule has 1 unspecified atom stereocenters. The summed E-state index contributed by atoms with van der Waals surface area (Å²) in [6.07, 6.45) is 0.648. The summed E-state index contributed by atoms with van der Waals surface area (Å²) in [5.41, 5.74) is -0.181. The van der Waals surface area contributed by atoms with Crippen molar-refractivity contribution < 1.29 is 14.5 Å². The number of carbonyl (C=O) groups excluding carboxylic acids is 1. The Morgan fingerprint density at radius 3 is 2.84 bits per heavy atom. The molecule has 0 aromatic heterocycles. The number of halogens is 1. The summed E-state index contributed by atoms with van der Waals surface area (Å²) < 4.78 is 4.91. The van der Waals surface area contributed by atoms with Gasteiger partial charge in [0.05, 0.1) is 10.5 Å². The number of nitrogens with zero attached hydrogens (tertiary/aromatic N) is 1. The number of ether oxygens (including phenoxy) is 1. The molecule has 0 aliphatic carbocycles. The lowest BCUT2D eigenvalue weighted by Gasteiger charge is -2.13. The zero-order valence-corrected chi connectivity index (χ0v) is 11.4. The first kappa shape index (κ1) is 15.4. The highest BCUT2D eigenvalue weighted by Crippen LogP contribution is 2.27. The Labute approximate surface area is 115 Å². The van der Waals surface area contributed by atoms with Crippen molar-refractivity contribution >= 4 is 23.2 Å². The molecule has 0 aliphatic heterocycles. The highest BCUT2D eigenvalue weighted by atomic mass is 35.5. The molecular weight excluding hydrogens is 272 g/mol. The first-order valence-electron chi connectivity index (χ1n) is 5.70. The Kier molecular flexibility index (Phi) is 5.72. The van der Waals surface area contributed by atoms with Crippen LogP contribution in [-0.2, 0) is 4.74 Å². The Balaban J connectivity index is 2.83. The van der Waals surface area contributed by atoms with Crippen molar-refractivity contribution in [1.82, 2.24) is 5.32 Å². The van der Waals surface area contributed by atoms with Crippen LogP contribution in [0.1, 0.15) is 23.7 Å². The van der Waals surface area contributed by atoms with Gasteiger partial charge in [-0.3, -0.25) is 14.9 Å². The third-order valence-corrected chi connectivity index (χ3v) is 2.95. The van der Waals surface area contributed by atoms with E-state index >= 15 is 0 Å². The van der Waals surface area contributed by atoms with Gasteiger partial charge in [-0.25, -0.2) is 0 Å². The van der Waals surface area contributed by atoms with E-state index in [1.807, 2.05) is 6.92 Å². The maximum Gasteiger partial charge on any atom is 0.288 e.